The second-order valence-corrected chi connectivity index (χ2v) is 14.2. The van der Waals surface area contributed by atoms with Crippen LogP contribution in [0, 0.1) is 5.92 Å². The number of likely N-dealkylation sites (tertiary alicyclic amines) is 1. The van der Waals surface area contributed by atoms with Crippen molar-refractivity contribution < 1.29 is 22.8 Å². The van der Waals surface area contributed by atoms with Gasteiger partial charge in [-0.2, -0.15) is 13.2 Å². The van der Waals surface area contributed by atoms with Crippen LogP contribution in [0.15, 0.2) is 60.7 Å². The van der Waals surface area contributed by atoms with E-state index in [1.807, 2.05) is 53.4 Å². The van der Waals surface area contributed by atoms with Crippen LogP contribution in [-0.4, -0.2) is 70.2 Å². The summed E-state index contributed by atoms with van der Waals surface area (Å²) in [5.41, 5.74) is 8.05. The highest BCUT2D eigenvalue weighted by atomic mass is 35.5. The summed E-state index contributed by atoms with van der Waals surface area (Å²) < 4.78 is 44.1. The Labute approximate surface area is 299 Å². The normalized spacial score (nSPS) is 18.3. The quantitative estimate of drug-likeness (QED) is 0.156. The van der Waals surface area contributed by atoms with E-state index in [0.29, 0.717) is 50.8 Å². The number of carbonyl (C=O) groups excluding carboxylic acids is 2. The molecule has 270 valence electrons. The van der Waals surface area contributed by atoms with Gasteiger partial charge in [-0.15, -0.1) is 0 Å². The van der Waals surface area contributed by atoms with Crippen LogP contribution in [0.2, 0.25) is 5.02 Å². The van der Waals surface area contributed by atoms with E-state index in [2.05, 4.69) is 20.5 Å². The van der Waals surface area contributed by atoms with E-state index in [-0.39, 0.29) is 35.1 Å². The molecule has 1 unspecified atom stereocenters. The molecular weight excluding hydrogens is 681 g/mol. The van der Waals surface area contributed by atoms with E-state index in [0.717, 1.165) is 60.7 Å². The van der Waals surface area contributed by atoms with Crippen molar-refractivity contribution in [3.8, 4) is 0 Å². The van der Waals surface area contributed by atoms with Gasteiger partial charge in [-0.05, 0) is 92.6 Å². The zero-order chi connectivity index (χ0) is 35.7. The molecule has 0 bridgehead atoms. The SMILES string of the molecule is Nc1c(Cl)cc(CC(NC(=O)N2CCC(N3CCc4ccccc4NC3=O)CC2)c2nc3ccccc3n2CC2CCNCC2)cc1C(F)(F)F. The highest BCUT2D eigenvalue weighted by Gasteiger charge is 2.36. The molecule has 10 nitrogen and oxygen atoms in total. The molecule has 1 aromatic heterocycles. The smallest absolute Gasteiger partial charge is 0.397 e. The Morgan fingerprint density at radius 3 is 2.51 bits per heavy atom. The molecule has 5 N–H and O–H groups in total. The van der Waals surface area contributed by atoms with Gasteiger partial charge in [0.25, 0.3) is 0 Å². The number of nitrogens with zero attached hydrogens (tertiary/aromatic N) is 4. The van der Waals surface area contributed by atoms with Crippen LogP contribution < -0.4 is 21.7 Å². The van der Waals surface area contributed by atoms with E-state index in [1.165, 1.54) is 6.07 Å². The van der Waals surface area contributed by atoms with Gasteiger partial charge >= 0.3 is 18.2 Å². The molecule has 4 heterocycles. The largest absolute Gasteiger partial charge is 0.418 e. The first-order valence-corrected chi connectivity index (χ1v) is 17.9. The molecule has 0 aliphatic carbocycles. The number of fused-ring (bicyclic) bond motifs is 2. The third-order valence-corrected chi connectivity index (χ3v) is 10.8. The summed E-state index contributed by atoms with van der Waals surface area (Å²) in [6.07, 6.45) is -0.821. The van der Waals surface area contributed by atoms with Crippen molar-refractivity contribution in [2.24, 2.45) is 5.92 Å². The number of piperidine rings is 2. The molecular formula is C37H42ClF3N8O2. The Kier molecular flexibility index (Phi) is 10.0. The Bertz CT molecular complexity index is 1900. The second-order valence-electron chi connectivity index (χ2n) is 13.8. The molecule has 3 aromatic carbocycles. The van der Waals surface area contributed by atoms with Crippen LogP contribution in [0.1, 0.15) is 54.2 Å². The van der Waals surface area contributed by atoms with Gasteiger partial charge in [-0.3, -0.25) is 0 Å². The highest BCUT2D eigenvalue weighted by molar-refractivity contribution is 6.33. The number of amides is 4. The number of nitrogens with two attached hydrogens (primary N) is 1. The maximum absolute atomic E-state index is 14.0. The standard InChI is InChI=1S/C37H42ClF3N8O2/c38-28-20-24(19-27(33(28)42)37(39,40)41)21-31(34-44-30-7-3-4-8-32(30)49(34)22-23-9-14-43-15-10-23)46-35(50)47-16-12-26(13-17-47)48-18-11-25-5-1-2-6-29(25)45-36(48)51/h1-8,19-20,23,26,31,43H,9-18,21-22,42H2,(H,45,51)(H,46,50). The summed E-state index contributed by atoms with van der Waals surface area (Å²) in [6.45, 7) is 3.87. The summed E-state index contributed by atoms with van der Waals surface area (Å²) in [4.78, 5) is 35.8. The summed E-state index contributed by atoms with van der Waals surface area (Å²) in [6, 6.07) is 16.6. The molecule has 2 fully saturated rings. The second kappa shape index (κ2) is 14.6. The van der Waals surface area contributed by atoms with Crippen LogP contribution in [-0.2, 0) is 25.6 Å². The summed E-state index contributed by atoms with van der Waals surface area (Å²) >= 11 is 6.25. The fourth-order valence-corrected chi connectivity index (χ4v) is 7.94. The van der Waals surface area contributed by atoms with Gasteiger partial charge in [0.05, 0.1) is 33.3 Å². The third-order valence-electron chi connectivity index (χ3n) is 10.5. The van der Waals surface area contributed by atoms with E-state index in [1.54, 1.807) is 4.90 Å². The molecule has 14 heteroatoms. The first kappa shape index (κ1) is 34.9. The number of hydrogen-bond acceptors (Lipinski definition) is 5. The van der Waals surface area contributed by atoms with E-state index >= 15 is 0 Å². The number of imidazole rings is 1. The lowest BCUT2D eigenvalue weighted by molar-refractivity contribution is -0.137. The van der Waals surface area contributed by atoms with E-state index in [9.17, 15) is 22.8 Å². The zero-order valence-corrected chi connectivity index (χ0v) is 28.9. The maximum atomic E-state index is 14.0. The number of hydrogen-bond donors (Lipinski definition) is 4. The molecule has 7 rings (SSSR count). The number of aromatic nitrogens is 2. The average Bonchev–Trinajstić information content (AvgIpc) is 3.38. The van der Waals surface area contributed by atoms with Crippen molar-refractivity contribution in [1.82, 2.24) is 30.0 Å². The molecule has 2 saturated heterocycles. The Hall–Kier alpha value is -4.49. The topological polar surface area (TPSA) is 121 Å². The van der Waals surface area contributed by atoms with Gasteiger partial charge in [0.2, 0.25) is 0 Å². The van der Waals surface area contributed by atoms with Crippen LogP contribution >= 0.6 is 11.6 Å². The zero-order valence-electron chi connectivity index (χ0n) is 28.2. The number of urea groups is 2. The van der Waals surface area contributed by atoms with Crippen molar-refractivity contribution in [3.05, 3.63) is 88.2 Å². The van der Waals surface area contributed by atoms with Crippen molar-refractivity contribution in [1.29, 1.82) is 0 Å². The molecule has 3 aliphatic rings. The molecule has 4 aromatic rings. The number of alkyl halides is 3. The fraction of sp³-hybridized carbons (Fsp3) is 0.432. The number of carbonyl (C=O) groups is 2. The first-order chi connectivity index (χ1) is 24.5. The lowest BCUT2D eigenvalue weighted by Crippen LogP contribution is -2.52. The van der Waals surface area contributed by atoms with Crippen LogP contribution in [0.4, 0.5) is 34.1 Å². The lowest BCUT2D eigenvalue weighted by atomic mass is 9.97. The predicted molar refractivity (Wildman–Crippen MR) is 192 cm³/mol. The number of rotatable bonds is 7. The number of nitrogen functional groups attached to an aromatic ring is 1. The summed E-state index contributed by atoms with van der Waals surface area (Å²) in [5.74, 6) is 0.935. The number of halogens is 4. The van der Waals surface area contributed by atoms with Gasteiger partial charge in [0, 0.05) is 44.3 Å². The minimum Gasteiger partial charge on any atom is -0.397 e. The third kappa shape index (κ3) is 7.59. The Morgan fingerprint density at radius 2 is 1.75 bits per heavy atom. The van der Waals surface area contributed by atoms with E-state index < -0.39 is 23.5 Å². The maximum Gasteiger partial charge on any atom is 0.418 e. The fourth-order valence-electron chi connectivity index (χ4n) is 7.70. The summed E-state index contributed by atoms with van der Waals surface area (Å²) in [5, 5.41) is 9.38. The predicted octanol–water partition coefficient (Wildman–Crippen LogP) is 6.84. The van der Waals surface area contributed by atoms with Crippen molar-refractivity contribution in [2.75, 3.05) is 43.8 Å². The van der Waals surface area contributed by atoms with Crippen molar-refractivity contribution in [3.63, 3.8) is 0 Å². The molecule has 0 spiro atoms. The molecule has 4 amide bonds. The monoisotopic (exact) mass is 722 g/mol. The minimum absolute atomic E-state index is 0.00926. The van der Waals surface area contributed by atoms with Gasteiger partial charge in [-0.25, -0.2) is 14.6 Å². The Morgan fingerprint density at radius 1 is 1.02 bits per heavy atom. The molecule has 51 heavy (non-hydrogen) atoms. The molecule has 0 radical (unpaired) electrons. The minimum atomic E-state index is -4.71. The number of para-hydroxylation sites is 3. The van der Waals surface area contributed by atoms with Gasteiger partial charge in [-0.1, -0.05) is 41.9 Å². The molecule has 3 aliphatic heterocycles. The van der Waals surface area contributed by atoms with Crippen LogP contribution in [0.5, 0.6) is 0 Å². The van der Waals surface area contributed by atoms with Gasteiger partial charge in [0.15, 0.2) is 0 Å². The number of benzene rings is 3. The lowest BCUT2D eigenvalue weighted by Gasteiger charge is -2.38. The molecule has 1 atom stereocenters. The van der Waals surface area contributed by atoms with Gasteiger partial charge < -0.3 is 36.1 Å². The van der Waals surface area contributed by atoms with Gasteiger partial charge in [0.1, 0.15) is 5.82 Å². The summed E-state index contributed by atoms with van der Waals surface area (Å²) in [7, 11) is 0. The number of anilines is 2. The average molecular weight is 723 g/mol. The van der Waals surface area contributed by atoms with Crippen molar-refractivity contribution in [2.45, 2.75) is 63.3 Å². The Balaban J connectivity index is 1.14. The highest BCUT2D eigenvalue weighted by Crippen LogP contribution is 2.39. The van der Waals surface area contributed by atoms with E-state index in [4.69, 9.17) is 22.3 Å². The first-order valence-electron chi connectivity index (χ1n) is 17.6. The number of nitrogens with one attached hydrogen (secondary N) is 3. The molecule has 0 saturated carbocycles. The van der Waals surface area contributed by atoms with Crippen molar-refractivity contribution >= 4 is 46.1 Å². The van der Waals surface area contributed by atoms with Crippen LogP contribution in [0.25, 0.3) is 11.0 Å². The van der Waals surface area contributed by atoms with Crippen LogP contribution in [0.3, 0.4) is 0 Å².